The lowest BCUT2D eigenvalue weighted by atomic mass is 10.2. The smallest absolute Gasteiger partial charge is 0.334 e. The fourth-order valence-corrected chi connectivity index (χ4v) is 1.93. The van der Waals surface area contributed by atoms with Gasteiger partial charge in [-0.2, -0.15) is 0 Å². The molecule has 108 valence electrons. The second-order valence-corrected chi connectivity index (χ2v) is 4.40. The van der Waals surface area contributed by atoms with Gasteiger partial charge in [-0.15, -0.1) is 0 Å². The number of aliphatic hydroxyl groups excluding tert-OH is 1. The fraction of sp³-hybridized carbons (Fsp3) is 0.308. The topological polar surface area (TPSA) is 72.8 Å². The molecule has 0 bridgehead atoms. The van der Waals surface area contributed by atoms with Crippen molar-refractivity contribution in [2.24, 2.45) is 0 Å². The highest BCUT2D eigenvalue weighted by molar-refractivity contribution is 5.73. The van der Waals surface area contributed by atoms with Crippen LogP contribution in [0, 0.1) is 11.6 Å². The van der Waals surface area contributed by atoms with Crippen LogP contribution in [0.15, 0.2) is 24.3 Å². The summed E-state index contributed by atoms with van der Waals surface area (Å²) >= 11 is 0. The van der Waals surface area contributed by atoms with Crippen LogP contribution in [-0.4, -0.2) is 41.9 Å². The number of aliphatic carboxylic acids is 1. The van der Waals surface area contributed by atoms with E-state index in [1.54, 1.807) is 4.90 Å². The minimum absolute atomic E-state index is 0.0798. The molecule has 0 amide bonds. The van der Waals surface area contributed by atoms with Crippen molar-refractivity contribution in [1.82, 2.24) is 0 Å². The standard InChI is InChI=1S/C13H14F2N2O3/c14-9-5-8(16-7-11(18)13(19)20)6-10(15)12(9)17-3-1-2-4-17/h1-2,5-6,11,16,18H,3-4,7H2,(H,19,20)/t11-/m1/s1. The number of hydrogen-bond acceptors (Lipinski definition) is 4. The van der Waals surface area contributed by atoms with Crippen molar-refractivity contribution in [3.05, 3.63) is 35.9 Å². The average molecular weight is 284 g/mol. The number of carboxylic acid groups (broad SMARTS) is 1. The summed E-state index contributed by atoms with van der Waals surface area (Å²) in [6.45, 7) is 0.551. The molecule has 20 heavy (non-hydrogen) atoms. The fourth-order valence-electron chi connectivity index (χ4n) is 1.93. The van der Waals surface area contributed by atoms with Gasteiger partial charge >= 0.3 is 5.97 Å². The Morgan fingerprint density at radius 1 is 1.30 bits per heavy atom. The molecule has 1 aromatic carbocycles. The third-order valence-electron chi connectivity index (χ3n) is 2.94. The first-order valence-electron chi connectivity index (χ1n) is 6.02. The Bertz CT molecular complexity index is 517. The molecule has 0 unspecified atom stereocenters. The maximum absolute atomic E-state index is 13.9. The van der Waals surface area contributed by atoms with Crippen LogP contribution in [0.1, 0.15) is 0 Å². The van der Waals surface area contributed by atoms with E-state index in [4.69, 9.17) is 10.2 Å². The SMILES string of the molecule is O=C(O)[C@H](O)CNc1cc(F)c(N2CC=CC2)c(F)c1. The molecule has 1 aliphatic heterocycles. The zero-order chi connectivity index (χ0) is 14.7. The summed E-state index contributed by atoms with van der Waals surface area (Å²) in [6, 6.07) is 2.15. The number of rotatable bonds is 5. The number of halogens is 2. The molecular weight excluding hydrogens is 270 g/mol. The summed E-state index contributed by atoms with van der Waals surface area (Å²) in [5.74, 6) is -2.87. The number of carboxylic acids is 1. The molecule has 0 fully saturated rings. The zero-order valence-corrected chi connectivity index (χ0v) is 10.5. The van der Waals surface area contributed by atoms with Crippen LogP contribution in [0.2, 0.25) is 0 Å². The zero-order valence-electron chi connectivity index (χ0n) is 10.5. The van der Waals surface area contributed by atoms with Crippen molar-refractivity contribution >= 4 is 17.3 Å². The molecule has 0 aromatic heterocycles. The van der Waals surface area contributed by atoms with Gasteiger partial charge in [0.1, 0.15) is 5.69 Å². The summed E-state index contributed by atoms with van der Waals surface area (Å²) in [5, 5.41) is 20.1. The Labute approximate surface area is 114 Å². The number of aliphatic hydroxyl groups is 1. The Balaban J connectivity index is 2.11. The average Bonchev–Trinajstić information content (AvgIpc) is 2.88. The molecular formula is C13H14F2N2O3. The highest BCUT2D eigenvalue weighted by atomic mass is 19.1. The second-order valence-electron chi connectivity index (χ2n) is 4.40. The van der Waals surface area contributed by atoms with Crippen molar-refractivity contribution in [2.45, 2.75) is 6.10 Å². The summed E-state index contributed by atoms with van der Waals surface area (Å²) in [6.07, 6.45) is 1.99. The van der Waals surface area contributed by atoms with Gasteiger partial charge in [-0.1, -0.05) is 12.2 Å². The van der Waals surface area contributed by atoms with Crippen molar-refractivity contribution < 1.29 is 23.8 Å². The third kappa shape index (κ3) is 3.05. The number of nitrogens with zero attached hydrogens (tertiary/aromatic N) is 1. The number of benzene rings is 1. The van der Waals surface area contributed by atoms with Crippen molar-refractivity contribution in [3.8, 4) is 0 Å². The summed E-state index contributed by atoms with van der Waals surface area (Å²) in [7, 11) is 0. The predicted octanol–water partition coefficient (Wildman–Crippen LogP) is 1.20. The van der Waals surface area contributed by atoms with Gasteiger partial charge in [0, 0.05) is 18.8 Å². The first-order chi connectivity index (χ1) is 9.49. The van der Waals surface area contributed by atoms with Crippen LogP contribution in [0.5, 0.6) is 0 Å². The molecule has 1 atom stereocenters. The van der Waals surface area contributed by atoms with E-state index in [1.165, 1.54) is 0 Å². The van der Waals surface area contributed by atoms with Gasteiger partial charge in [0.25, 0.3) is 0 Å². The van der Waals surface area contributed by atoms with Gasteiger partial charge in [0.05, 0.1) is 6.54 Å². The van der Waals surface area contributed by atoms with Gasteiger partial charge in [0.2, 0.25) is 0 Å². The van der Waals surface area contributed by atoms with E-state index in [2.05, 4.69) is 5.32 Å². The minimum atomic E-state index is -1.64. The van der Waals surface area contributed by atoms with E-state index in [9.17, 15) is 13.6 Å². The quantitative estimate of drug-likeness (QED) is 0.709. The van der Waals surface area contributed by atoms with E-state index in [1.807, 2.05) is 12.2 Å². The molecule has 0 saturated carbocycles. The second kappa shape index (κ2) is 5.87. The molecule has 1 aromatic rings. The molecule has 2 rings (SSSR count). The van der Waals surface area contributed by atoms with Crippen molar-refractivity contribution in [2.75, 3.05) is 29.9 Å². The van der Waals surface area contributed by atoms with E-state index >= 15 is 0 Å². The normalized spacial score (nSPS) is 15.4. The lowest BCUT2D eigenvalue weighted by Crippen LogP contribution is -2.28. The van der Waals surface area contributed by atoms with E-state index in [0.717, 1.165) is 12.1 Å². The maximum Gasteiger partial charge on any atom is 0.334 e. The first-order valence-corrected chi connectivity index (χ1v) is 6.02. The van der Waals surface area contributed by atoms with Crippen LogP contribution < -0.4 is 10.2 Å². The maximum atomic E-state index is 13.9. The van der Waals surface area contributed by atoms with Crippen LogP contribution in [-0.2, 0) is 4.79 Å². The summed E-state index contributed by atoms with van der Waals surface area (Å²) in [4.78, 5) is 12.0. The lowest BCUT2D eigenvalue weighted by Gasteiger charge is -2.20. The highest BCUT2D eigenvalue weighted by Gasteiger charge is 2.19. The molecule has 0 aliphatic carbocycles. The van der Waals surface area contributed by atoms with Gasteiger partial charge in [-0.25, -0.2) is 13.6 Å². The van der Waals surface area contributed by atoms with E-state index < -0.39 is 23.7 Å². The number of nitrogens with one attached hydrogen (secondary N) is 1. The van der Waals surface area contributed by atoms with Crippen LogP contribution in [0.25, 0.3) is 0 Å². The van der Waals surface area contributed by atoms with Crippen LogP contribution in [0.4, 0.5) is 20.2 Å². The van der Waals surface area contributed by atoms with E-state index in [-0.39, 0.29) is 17.9 Å². The molecule has 7 heteroatoms. The Morgan fingerprint density at radius 3 is 2.35 bits per heavy atom. The third-order valence-corrected chi connectivity index (χ3v) is 2.94. The first kappa shape index (κ1) is 14.3. The number of carbonyl (C=O) groups is 1. The van der Waals surface area contributed by atoms with Gasteiger partial charge in [-0.3, -0.25) is 0 Å². The molecule has 1 heterocycles. The predicted molar refractivity (Wildman–Crippen MR) is 69.8 cm³/mol. The molecule has 0 saturated heterocycles. The minimum Gasteiger partial charge on any atom is -0.479 e. The largest absolute Gasteiger partial charge is 0.479 e. The monoisotopic (exact) mass is 284 g/mol. The summed E-state index contributed by atoms with van der Waals surface area (Å²) < 4.78 is 27.8. The molecule has 0 spiro atoms. The van der Waals surface area contributed by atoms with Crippen LogP contribution in [0.3, 0.4) is 0 Å². The lowest BCUT2D eigenvalue weighted by molar-refractivity contribution is -0.145. The molecule has 1 aliphatic rings. The van der Waals surface area contributed by atoms with Gasteiger partial charge < -0.3 is 20.4 Å². The number of anilines is 2. The van der Waals surface area contributed by atoms with Crippen molar-refractivity contribution in [1.29, 1.82) is 0 Å². The number of hydrogen-bond donors (Lipinski definition) is 3. The highest BCUT2D eigenvalue weighted by Crippen LogP contribution is 2.28. The van der Waals surface area contributed by atoms with Crippen LogP contribution >= 0.6 is 0 Å². The molecule has 0 radical (unpaired) electrons. The Kier molecular flexibility index (Phi) is 4.19. The summed E-state index contributed by atoms with van der Waals surface area (Å²) in [5.41, 5.74) is -0.0319. The van der Waals surface area contributed by atoms with Gasteiger partial charge in [-0.05, 0) is 12.1 Å². The Hall–Kier alpha value is -2.15. The Morgan fingerprint density at radius 2 is 1.85 bits per heavy atom. The molecule has 3 N–H and O–H groups in total. The van der Waals surface area contributed by atoms with Gasteiger partial charge in [0.15, 0.2) is 17.7 Å². The van der Waals surface area contributed by atoms with Crippen molar-refractivity contribution in [3.63, 3.8) is 0 Å². The molecule has 5 nitrogen and oxygen atoms in total. The van der Waals surface area contributed by atoms with E-state index in [0.29, 0.717) is 13.1 Å².